The number of aliphatic hydroxyl groups is 1. The van der Waals surface area contributed by atoms with Gasteiger partial charge in [-0.1, -0.05) is 58.7 Å². The van der Waals surface area contributed by atoms with Gasteiger partial charge in [-0.2, -0.15) is 0 Å². The second kappa shape index (κ2) is 15.8. The van der Waals surface area contributed by atoms with E-state index in [0.717, 1.165) is 64.8 Å². The van der Waals surface area contributed by atoms with Crippen LogP contribution in [0.1, 0.15) is 75.6 Å². The van der Waals surface area contributed by atoms with Gasteiger partial charge in [0.05, 0.1) is 5.76 Å². The van der Waals surface area contributed by atoms with Gasteiger partial charge >= 0.3 is 0 Å². The molecule has 0 atom stereocenters. The van der Waals surface area contributed by atoms with E-state index in [1.54, 1.807) is 0 Å². The summed E-state index contributed by atoms with van der Waals surface area (Å²) >= 11 is 0. The average molecular weight is 731 g/mol. The van der Waals surface area contributed by atoms with Crippen LogP contribution in [0.2, 0.25) is 0 Å². The predicted molar refractivity (Wildman–Crippen MR) is 167 cm³/mol. The van der Waals surface area contributed by atoms with Crippen molar-refractivity contribution >= 4 is 16.8 Å². The van der Waals surface area contributed by atoms with Gasteiger partial charge in [-0.15, -0.1) is 34.9 Å². The minimum atomic E-state index is 0. The molecule has 221 valence electrons. The molecule has 2 aromatic carbocycles. The van der Waals surface area contributed by atoms with E-state index in [1.165, 1.54) is 22.8 Å². The van der Waals surface area contributed by atoms with Crippen molar-refractivity contribution in [1.82, 2.24) is 4.98 Å². The molecule has 0 saturated carbocycles. The fourth-order valence-electron chi connectivity index (χ4n) is 5.15. The number of rotatable bonds is 9. The number of aliphatic hydroxyl groups excluding tert-OH is 1. The maximum atomic E-state index is 11.7. The Morgan fingerprint density at radius 3 is 2.00 bits per heavy atom. The van der Waals surface area contributed by atoms with Gasteiger partial charge in [-0.3, -0.25) is 4.79 Å². The Hall–Kier alpha value is -3.01. The van der Waals surface area contributed by atoms with Gasteiger partial charge in [0.2, 0.25) is 0 Å². The Bertz CT molecular complexity index is 1390. The van der Waals surface area contributed by atoms with Crippen LogP contribution in [0, 0.1) is 45.6 Å². The van der Waals surface area contributed by atoms with Crippen LogP contribution in [0.4, 0.5) is 0 Å². The second-order valence-corrected chi connectivity index (χ2v) is 10.8. The van der Waals surface area contributed by atoms with E-state index in [-0.39, 0.29) is 43.5 Å². The van der Waals surface area contributed by atoms with E-state index in [2.05, 4.69) is 75.1 Å². The maximum Gasteiger partial charge on any atom is 0.162 e. The van der Waals surface area contributed by atoms with Gasteiger partial charge in [0, 0.05) is 55.2 Å². The van der Waals surface area contributed by atoms with Crippen molar-refractivity contribution in [2.24, 2.45) is 11.8 Å². The number of allylic oxidation sites excluding steroid dienone is 2. The van der Waals surface area contributed by atoms with Gasteiger partial charge in [-0.05, 0) is 69.5 Å². The molecule has 0 fully saturated rings. The number of carbonyl (C=O) groups excluding carboxylic acids is 1. The smallest absolute Gasteiger partial charge is 0.162 e. The summed E-state index contributed by atoms with van der Waals surface area (Å²) in [4.78, 5) is 16.3. The van der Waals surface area contributed by atoms with Gasteiger partial charge < -0.3 is 14.5 Å². The van der Waals surface area contributed by atoms with Gasteiger partial charge in [-0.25, -0.2) is 0 Å². The summed E-state index contributed by atoms with van der Waals surface area (Å²) in [5, 5.41) is 10.8. The number of pyridine rings is 1. The molecule has 5 heteroatoms. The number of benzene rings is 2. The molecule has 1 radical (unpaired) electrons. The molecule has 0 aliphatic rings. The minimum Gasteiger partial charge on any atom is -0.512 e. The molecule has 0 amide bonds. The molecule has 4 nitrogen and oxygen atoms in total. The van der Waals surface area contributed by atoms with Crippen LogP contribution in [0.25, 0.3) is 33.6 Å². The van der Waals surface area contributed by atoms with Crippen LogP contribution in [-0.2, 0) is 24.9 Å². The van der Waals surface area contributed by atoms with Crippen LogP contribution in [-0.4, -0.2) is 15.9 Å². The first-order valence-corrected chi connectivity index (χ1v) is 14.5. The Labute approximate surface area is 259 Å². The van der Waals surface area contributed by atoms with Crippen molar-refractivity contribution in [3.8, 4) is 22.6 Å². The number of fused-ring (bicyclic) bond motifs is 1. The monoisotopic (exact) mass is 731 g/mol. The third-order valence-corrected chi connectivity index (χ3v) is 7.41. The van der Waals surface area contributed by atoms with E-state index in [9.17, 15) is 9.90 Å². The van der Waals surface area contributed by atoms with Crippen molar-refractivity contribution in [1.29, 1.82) is 0 Å². The summed E-state index contributed by atoms with van der Waals surface area (Å²) in [5.74, 6) is 1.43. The number of ketones is 1. The van der Waals surface area contributed by atoms with E-state index in [0.29, 0.717) is 0 Å². The van der Waals surface area contributed by atoms with E-state index < -0.39 is 0 Å². The molecular weight excluding hydrogens is 687 g/mol. The summed E-state index contributed by atoms with van der Waals surface area (Å²) in [6.07, 6.45) is 6.79. The van der Waals surface area contributed by atoms with Crippen molar-refractivity contribution < 1.29 is 34.4 Å². The molecule has 0 bridgehead atoms. The number of aryl methyl sites for hydroxylation is 4. The maximum absolute atomic E-state index is 11.7. The Balaban J connectivity index is 0.000000320. The molecule has 41 heavy (non-hydrogen) atoms. The SMILES string of the molecule is CCC(CC)C(=O)/C=C(\O)C(CC)CC.Cc1[c-]c(-c2cc3oc(-c4cc(C)cc(C)c4)cc3cn2)cc(C)c1.[Ir]. The summed E-state index contributed by atoms with van der Waals surface area (Å²) in [7, 11) is 0. The summed E-state index contributed by atoms with van der Waals surface area (Å²) in [5.41, 5.74) is 8.65. The minimum absolute atomic E-state index is 0. The molecule has 2 heterocycles. The number of hydrogen-bond acceptors (Lipinski definition) is 4. The Morgan fingerprint density at radius 2 is 1.44 bits per heavy atom. The third kappa shape index (κ3) is 9.24. The van der Waals surface area contributed by atoms with E-state index in [1.807, 2.05) is 40.0 Å². The fourth-order valence-corrected chi connectivity index (χ4v) is 5.15. The topological polar surface area (TPSA) is 63.3 Å². The molecule has 0 unspecified atom stereocenters. The first kappa shape index (κ1) is 34.2. The summed E-state index contributed by atoms with van der Waals surface area (Å²) in [6, 6.07) is 18.1. The van der Waals surface area contributed by atoms with Crippen molar-refractivity contribution in [3.05, 3.63) is 88.8 Å². The predicted octanol–water partition coefficient (Wildman–Crippen LogP) is 10.1. The number of aromatic nitrogens is 1. The van der Waals surface area contributed by atoms with Crippen LogP contribution >= 0.6 is 0 Å². The normalized spacial score (nSPS) is 11.4. The summed E-state index contributed by atoms with van der Waals surface area (Å²) in [6.45, 7) is 16.4. The fraction of sp³-hybridized carbons (Fsp3) is 0.389. The molecule has 4 aromatic rings. The van der Waals surface area contributed by atoms with Gasteiger partial charge in [0.25, 0.3) is 0 Å². The van der Waals surface area contributed by atoms with Crippen molar-refractivity contribution in [2.75, 3.05) is 0 Å². The van der Waals surface area contributed by atoms with Crippen LogP contribution in [0.15, 0.2) is 64.9 Å². The molecule has 4 rings (SSSR count). The van der Waals surface area contributed by atoms with Crippen LogP contribution in [0.3, 0.4) is 0 Å². The summed E-state index contributed by atoms with van der Waals surface area (Å²) < 4.78 is 6.13. The quantitative estimate of drug-likeness (QED) is 0.106. The second-order valence-electron chi connectivity index (χ2n) is 10.8. The van der Waals surface area contributed by atoms with E-state index >= 15 is 0 Å². The van der Waals surface area contributed by atoms with Crippen molar-refractivity contribution in [3.63, 3.8) is 0 Å². The zero-order valence-electron chi connectivity index (χ0n) is 25.7. The zero-order chi connectivity index (χ0) is 29.4. The molecule has 0 aliphatic carbocycles. The number of nitrogens with zero attached hydrogens (tertiary/aromatic N) is 1. The van der Waals surface area contributed by atoms with Crippen LogP contribution in [0.5, 0.6) is 0 Å². The first-order valence-electron chi connectivity index (χ1n) is 14.5. The first-order chi connectivity index (χ1) is 19.1. The van der Waals surface area contributed by atoms with Gasteiger partial charge in [0.1, 0.15) is 11.3 Å². The molecule has 0 aliphatic heterocycles. The molecule has 2 aromatic heterocycles. The molecule has 0 saturated heterocycles. The zero-order valence-corrected chi connectivity index (χ0v) is 28.1. The Morgan fingerprint density at radius 1 is 0.854 bits per heavy atom. The molecular formula is C36H44IrNO3-. The largest absolute Gasteiger partial charge is 0.512 e. The standard InChI is InChI=1S/C23H20NO.C13H24O2.Ir/c1-14-5-15(2)8-18(7-14)21-12-23-20(13-24-21)11-22(25-23)19-9-16(3)6-17(4)10-19;1-5-10(6-2)12(14)9-13(15)11(7-3)8-4;/h5-7,9-13H,1-4H3;9-11,14H,5-8H2,1-4H3;/q-1;;/b;12-9-;. The third-order valence-electron chi connectivity index (χ3n) is 7.41. The molecule has 1 N–H and O–H groups in total. The number of furan rings is 1. The number of carbonyl (C=O) groups is 1. The van der Waals surface area contributed by atoms with Gasteiger partial charge in [0.15, 0.2) is 5.78 Å². The molecule has 0 spiro atoms. The Kier molecular flexibility index (Phi) is 13.2. The average Bonchev–Trinajstić information content (AvgIpc) is 3.33. The van der Waals surface area contributed by atoms with Crippen LogP contribution < -0.4 is 0 Å². The van der Waals surface area contributed by atoms with Crippen molar-refractivity contribution in [2.45, 2.75) is 81.1 Å². The van der Waals surface area contributed by atoms with E-state index in [4.69, 9.17) is 4.42 Å². The number of hydrogen-bond donors (Lipinski definition) is 1.